The van der Waals surface area contributed by atoms with Crippen LogP contribution in [-0.2, 0) is 4.79 Å². The molecule has 1 aliphatic rings. The molecule has 0 saturated carbocycles. The summed E-state index contributed by atoms with van der Waals surface area (Å²) in [5, 5.41) is 19.2. The molecule has 0 aliphatic heterocycles. The van der Waals surface area contributed by atoms with Gasteiger partial charge in [-0.05, 0) is 44.0 Å². The lowest BCUT2D eigenvalue weighted by Gasteiger charge is -2.16. The Morgan fingerprint density at radius 2 is 1.62 bits per heavy atom. The van der Waals surface area contributed by atoms with Crippen LogP contribution in [0.5, 0.6) is 5.75 Å². The average molecular weight is 348 g/mol. The molecule has 0 fully saturated rings. The Balaban J connectivity index is 2.87. The van der Waals surface area contributed by atoms with Gasteiger partial charge in [0, 0.05) is 11.1 Å². The zero-order valence-corrected chi connectivity index (χ0v) is 10.8. The number of phenolic OH excluding ortho intramolecular Hbond substituents is 1. The average Bonchev–Trinajstić information content (AvgIpc) is 2.27. The largest absolute Gasteiger partial charge is 0.507 e. The number of hydrogen-bond acceptors (Lipinski definition) is 4. The van der Waals surface area contributed by atoms with Crippen LogP contribution in [0, 0.1) is 0 Å². The van der Waals surface area contributed by atoms with Crippen molar-refractivity contribution in [1.29, 1.82) is 0 Å². The highest BCUT2D eigenvalue weighted by Gasteiger charge is 2.33. The maximum atomic E-state index is 11.6. The van der Waals surface area contributed by atoms with E-state index in [1.807, 2.05) is 0 Å². The fraction of sp³-hybridized carbons (Fsp3) is 0. The summed E-state index contributed by atoms with van der Waals surface area (Å²) < 4.78 is -0.0170. The van der Waals surface area contributed by atoms with E-state index in [1.54, 1.807) is 0 Å². The SMILES string of the molecule is O=C1C(=O)c2ccc(O)c(Br)c2C(O)=C1Br. The van der Waals surface area contributed by atoms with Crippen LogP contribution < -0.4 is 0 Å². The van der Waals surface area contributed by atoms with Crippen LogP contribution in [0.1, 0.15) is 15.9 Å². The van der Waals surface area contributed by atoms with Crippen molar-refractivity contribution in [2.24, 2.45) is 0 Å². The molecule has 2 rings (SSSR count). The van der Waals surface area contributed by atoms with Crippen molar-refractivity contribution in [3.05, 3.63) is 32.2 Å². The molecule has 1 aromatic carbocycles. The summed E-state index contributed by atoms with van der Waals surface area (Å²) >= 11 is 5.90. The standard InChI is InChI=1S/C10H4Br2O4/c11-6-4(13)2-1-3-5(6)9(15)7(12)10(16)8(3)14/h1-2,13,15H. The first-order chi connectivity index (χ1) is 7.45. The molecule has 0 spiro atoms. The van der Waals surface area contributed by atoms with Gasteiger partial charge in [-0.25, -0.2) is 0 Å². The lowest BCUT2D eigenvalue weighted by Crippen LogP contribution is -2.21. The van der Waals surface area contributed by atoms with Gasteiger partial charge < -0.3 is 10.2 Å². The Hall–Kier alpha value is -1.14. The van der Waals surface area contributed by atoms with E-state index in [4.69, 9.17) is 0 Å². The quantitative estimate of drug-likeness (QED) is 0.707. The summed E-state index contributed by atoms with van der Waals surface area (Å²) in [5.74, 6) is -2.00. The second kappa shape index (κ2) is 3.71. The van der Waals surface area contributed by atoms with Crippen molar-refractivity contribution in [3.8, 4) is 5.75 Å². The van der Waals surface area contributed by atoms with Crippen molar-refractivity contribution in [1.82, 2.24) is 0 Å². The molecule has 2 N–H and O–H groups in total. The van der Waals surface area contributed by atoms with Gasteiger partial charge in [-0.1, -0.05) is 0 Å². The maximum absolute atomic E-state index is 11.6. The van der Waals surface area contributed by atoms with Gasteiger partial charge in [0.2, 0.25) is 11.6 Å². The predicted octanol–water partition coefficient (Wildman–Crippen LogP) is 2.54. The third kappa shape index (κ3) is 1.41. The predicted molar refractivity (Wildman–Crippen MR) is 63.6 cm³/mol. The van der Waals surface area contributed by atoms with E-state index in [0.29, 0.717) is 0 Å². The van der Waals surface area contributed by atoms with E-state index in [9.17, 15) is 19.8 Å². The molecule has 0 bridgehead atoms. The van der Waals surface area contributed by atoms with E-state index < -0.39 is 11.6 Å². The van der Waals surface area contributed by atoms with E-state index in [-0.39, 0.29) is 31.6 Å². The van der Waals surface area contributed by atoms with Crippen LogP contribution in [0.25, 0.3) is 5.76 Å². The molecule has 0 saturated heterocycles. The maximum Gasteiger partial charge on any atom is 0.244 e. The van der Waals surface area contributed by atoms with E-state index >= 15 is 0 Å². The number of aliphatic hydroxyl groups excluding tert-OH is 1. The summed E-state index contributed by atoms with van der Waals surface area (Å²) in [6.45, 7) is 0. The van der Waals surface area contributed by atoms with Crippen LogP contribution in [0.2, 0.25) is 0 Å². The number of halogens is 2. The first-order valence-corrected chi connectivity index (χ1v) is 5.73. The van der Waals surface area contributed by atoms with Gasteiger partial charge in [-0.15, -0.1) is 0 Å². The second-order valence-electron chi connectivity index (χ2n) is 3.14. The Kier molecular flexibility index (Phi) is 2.63. The molecule has 16 heavy (non-hydrogen) atoms. The smallest absolute Gasteiger partial charge is 0.244 e. The molecule has 0 heterocycles. The zero-order chi connectivity index (χ0) is 12.0. The summed E-state index contributed by atoms with van der Waals surface area (Å²) in [5.41, 5.74) is 0.187. The highest BCUT2D eigenvalue weighted by Crippen LogP contribution is 2.39. The number of benzene rings is 1. The fourth-order valence-corrected chi connectivity index (χ4v) is 2.34. The third-order valence-electron chi connectivity index (χ3n) is 2.22. The second-order valence-corrected chi connectivity index (χ2v) is 4.73. The number of phenols is 1. The van der Waals surface area contributed by atoms with Gasteiger partial charge in [0.1, 0.15) is 16.0 Å². The molecular weight excluding hydrogens is 344 g/mol. The molecule has 0 amide bonds. The van der Waals surface area contributed by atoms with Crippen molar-refractivity contribution in [3.63, 3.8) is 0 Å². The number of rotatable bonds is 0. The number of allylic oxidation sites excluding steroid dienone is 1. The Morgan fingerprint density at radius 1 is 1.00 bits per heavy atom. The molecule has 0 radical (unpaired) electrons. The van der Waals surface area contributed by atoms with Crippen molar-refractivity contribution in [2.45, 2.75) is 0 Å². The van der Waals surface area contributed by atoms with E-state index in [2.05, 4.69) is 31.9 Å². The van der Waals surface area contributed by atoms with E-state index in [0.717, 1.165) is 0 Å². The Labute approximate surface area is 107 Å². The van der Waals surface area contributed by atoms with Crippen LogP contribution >= 0.6 is 31.9 Å². The minimum absolute atomic E-state index is 0.0652. The monoisotopic (exact) mass is 346 g/mol. The molecule has 1 aliphatic carbocycles. The topological polar surface area (TPSA) is 74.6 Å². The minimum Gasteiger partial charge on any atom is -0.507 e. The summed E-state index contributed by atoms with van der Waals surface area (Å²) in [7, 11) is 0. The van der Waals surface area contributed by atoms with Crippen LogP contribution in [-0.4, -0.2) is 21.8 Å². The number of Topliss-reactive ketones (excluding diaryl/α,β-unsaturated/α-hetero) is 2. The van der Waals surface area contributed by atoms with Gasteiger partial charge in [0.15, 0.2) is 0 Å². The molecule has 4 nitrogen and oxygen atoms in total. The minimum atomic E-state index is -0.803. The molecule has 0 atom stereocenters. The fourth-order valence-electron chi connectivity index (χ4n) is 1.43. The van der Waals surface area contributed by atoms with Gasteiger partial charge in [0.25, 0.3) is 0 Å². The number of aromatic hydroxyl groups is 1. The molecule has 6 heteroatoms. The zero-order valence-electron chi connectivity index (χ0n) is 7.62. The number of hydrogen-bond donors (Lipinski definition) is 2. The molecule has 82 valence electrons. The van der Waals surface area contributed by atoms with Gasteiger partial charge in [0.05, 0.1) is 4.47 Å². The molecule has 0 unspecified atom stereocenters. The van der Waals surface area contributed by atoms with Gasteiger partial charge in [-0.2, -0.15) is 0 Å². The molecular formula is C10H4Br2O4. The number of aliphatic hydroxyl groups is 1. The summed E-state index contributed by atoms with van der Waals surface area (Å²) in [4.78, 5) is 23.0. The van der Waals surface area contributed by atoms with Crippen LogP contribution in [0.3, 0.4) is 0 Å². The number of carbonyl (C=O) groups excluding carboxylic acids is 2. The lowest BCUT2D eigenvalue weighted by molar-refractivity contribution is -0.111. The van der Waals surface area contributed by atoms with Crippen molar-refractivity contribution in [2.75, 3.05) is 0 Å². The van der Waals surface area contributed by atoms with Crippen LogP contribution in [0.15, 0.2) is 21.1 Å². The third-order valence-corrected chi connectivity index (χ3v) is 3.75. The highest BCUT2D eigenvalue weighted by atomic mass is 79.9. The molecule has 0 aromatic heterocycles. The van der Waals surface area contributed by atoms with Gasteiger partial charge in [-0.3, -0.25) is 9.59 Å². The normalized spacial score (nSPS) is 15.4. The molecule has 1 aromatic rings. The Morgan fingerprint density at radius 3 is 2.25 bits per heavy atom. The first-order valence-electron chi connectivity index (χ1n) is 4.14. The number of carbonyl (C=O) groups is 2. The van der Waals surface area contributed by atoms with Crippen molar-refractivity contribution < 1.29 is 19.8 Å². The first kappa shape index (κ1) is 11.3. The summed E-state index contributed by atoms with van der Waals surface area (Å²) in [6.07, 6.45) is 0. The number of ketones is 2. The van der Waals surface area contributed by atoms with Crippen LogP contribution in [0.4, 0.5) is 0 Å². The van der Waals surface area contributed by atoms with Crippen molar-refractivity contribution >= 4 is 49.2 Å². The highest BCUT2D eigenvalue weighted by molar-refractivity contribution is 9.12. The van der Waals surface area contributed by atoms with Gasteiger partial charge >= 0.3 is 0 Å². The number of fused-ring (bicyclic) bond motifs is 1. The Bertz CT molecular complexity index is 560. The summed E-state index contributed by atoms with van der Waals surface area (Å²) in [6, 6.07) is 2.58. The lowest BCUT2D eigenvalue weighted by atomic mass is 9.93. The van der Waals surface area contributed by atoms with E-state index in [1.165, 1.54) is 12.1 Å².